The van der Waals surface area contributed by atoms with Gasteiger partial charge in [-0.25, -0.2) is 0 Å². The average molecular weight is 235 g/mol. The van der Waals surface area contributed by atoms with Gasteiger partial charge in [-0.2, -0.15) is 0 Å². The maximum absolute atomic E-state index is 4.70. The summed E-state index contributed by atoms with van der Waals surface area (Å²) in [5.41, 5.74) is 3.99. The van der Waals surface area contributed by atoms with Crippen LogP contribution < -0.4 is 0 Å². The van der Waals surface area contributed by atoms with Crippen LogP contribution in [0.3, 0.4) is 0 Å². The maximum atomic E-state index is 4.70. The minimum atomic E-state index is 0.579. The van der Waals surface area contributed by atoms with E-state index in [1.54, 1.807) is 0 Å². The highest BCUT2D eigenvalue weighted by Crippen LogP contribution is 2.23. The quantitative estimate of drug-likeness (QED) is 0.768. The number of nitrogens with zero attached hydrogens (tertiary/aromatic N) is 1. The van der Waals surface area contributed by atoms with Crippen molar-refractivity contribution < 1.29 is 0 Å². The van der Waals surface area contributed by atoms with Crippen LogP contribution in [0.1, 0.15) is 17.5 Å². The Bertz CT molecular complexity index is 528. The van der Waals surface area contributed by atoms with Gasteiger partial charge >= 0.3 is 0 Å². The smallest absolute Gasteiger partial charge is 0.0455 e. The van der Waals surface area contributed by atoms with Crippen molar-refractivity contribution in [3.63, 3.8) is 0 Å². The van der Waals surface area contributed by atoms with Gasteiger partial charge in [-0.05, 0) is 24.0 Å². The first-order valence-electron chi connectivity index (χ1n) is 6.57. The maximum Gasteiger partial charge on any atom is 0.0455 e. The highest BCUT2D eigenvalue weighted by molar-refractivity contribution is 6.03. The SMILES string of the molecule is c1ccc(C[C@@H]2CCN=C2c2ccccc2)cc1. The van der Waals surface area contributed by atoms with E-state index in [1.165, 1.54) is 23.3 Å². The molecule has 0 fully saturated rings. The fourth-order valence-corrected chi connectivity index (χ4v) is 2.64. The van der Waals surface area contributed by atoms with Crippen LogP contribution in [0.5, 0.6) is 0 Å². The molecule has 0 aliphatic carbocycles. The second kappa shape index (κ2) is 5.18. The molecule has 1 aliphatic rings. The Kier molecular flexibility index (Phi) is 3.22. The van der Waals surface area contributed by atoms with Crippen LogP contribution in [-0.2, 0) is 6.42 Å². The molecule has 1 heteroatoms. The Labute approximate surface area is 108 Å². The van der Waals surface area contributed by atoms with Crippen molar-refractivity contribution in [2.24, 2.45) is 10.9 Å². The van der Waals surface area contributed by atoms with E-state index in [-0.39, 0.29) is 0 Å². The van der Waals surface area contributed by atoms with E-state index in [0.29, 0.717) is 5.92 Å². The van der Waals surface area contributed by atoms with Gasteiger partial charge in [0, 0.05) is 18.2 Å². The van der Waals surface area contributed by atoms with Gasteiger partial charge in [-0.3, -0.25) is 4.99 Å². The molecule has 2 aromatic rings. The van der Waals surface area contributed by atoms with E-state index in [2.05, 4.69) is 60.7 Å². The topological polar surface area (TPSA) is 12.4 Å². The molecule has 0 amide bonds. The Balaban J connectivity index is 1.80. The molecule has 0 N–H and O–H groups in total. The third kappa shape index (κ3) is 2.35. The van der Waals surface area contributed by atoms with Gasteiger partial charge in [0.2, 0.25) is 0 Å². The molecule has 0 aromatic heterocycles. The highest BCUT2D eigenvalue weighted by Gasteiger charge is 2.22. The van der Waals surface area contributed by atoms with Crippen LogP contribution in [0.4, 0.5) is 0 Å². The molecule has 18 heavy (non-hydrogen) atoms. The fourth-order valence-electron chi connectivity index (χ4n) is 2.64. The summed E-state index contributed by atoms with van der Waals surface area (Å²) in [5, 5.41) is 0. The van der Waals surface area contributed by atoms with Crippen LogP contribution in [0.15, 0.2) is 65.7 Å². The monoisotopic (exact) mass is 235 g/mol. The van der Waals surface area contributed by atoms with Gasteiger partial charge in [-0.1, -0.05) is 60.7 Å². The van der Waals surface area contributed by atoms with E-state index in [9.17, 15) is 0 Å². The van der Waals surface area contributed by atoms with Crippen molar-refractivity contribution in [1.82, 2.24) is 0 Å². The zero-order chi connectivity index (χ0) is 12.2. The number of rotatable bonds is 3. The molecule has 3 rings (SSSR count). The number of hydrogen-bond donors (Lipinski definition) is 0. The third-order valence-corrected chi connectivity index (χ3v) is 3.54. The van der Waals surface area contributed by atoms with Crippen LogP contribution in [0.25, 0.3) is 0 Å². The number of benzene rings is 2. The van der Waals surface area contributed by atoms with Gasteiger partial charge in [0.25, 0.3) is 0 Å². The Morgan fingerprint density at radius 3 is 2.28 bits per heavy atom. The highest BCUT2D eigenvalue weighted by atomic mass is 14.8. The van der Waals surface area contributed by atoms with Crippen molar-refractivity contribution in [3.8, 4) is 0 Å². The van der Waals surface area contributed by atoms with Gasteiger partial charge in [0.15, 0.2) is 0 Å². The van der Waals surface area contributed by atoms with E-state index in [0.717, 1.165) is 13.0 Å². The molecule has 0 unspecified atom stereocenters. The molecule has 0 bridgehead atoms. The predicted octanol–water partition coefficient (Wildman–Crippen LogP) is 3.74. The first-order valence-corrected chi connectivity index (χ1v) is 6.57. The Morgan fingerprint density at radius 2 is 1.56 bits per heavy atom. The molecule has 1 atom stereocenters. The molecule has 0 spiro atoms. The van der Waals surface area contributed by atoms with E-state index in [1.807, 2.05) is 0 Å². The van der Waals surface area contributed by atoms with Gasteiger partial charge in [0.1, 0.15) is 0 Å². The van der Waals surface area contributed by atoms with Crippen molar-refractivity contribution in [2.45, 2.75) is 12.8 Å². The van der Waals surface area contributed by atoms with Crippen molar-refractivity contribution in [1.29, 1.82) is 0 Å². The summed E-state index contributed by atoms with van der Waals surface area (Å²) in [6.45, 7) is 0.974. The molecule has 90 valence electrons. The largest absolute Gasteiger partial charge is 0.289 e. The van der Waals surface area contributed by atoms with Crippen LogP contribution in [0, 0.1) is 5.92 Å². The van der Waals surface area contributed by atoms with E-state index in [4.69, 9.17) is 4.99 Å². The van der Waals surface area contributed by atoms with Crippen molar-refractivity contribution >= 4 is 5.71 Å². The minimum Gasteiger partial charge on any atom is -0.289 e. The van der Waals surface area contributed by atoms with Crippen LogP contribution in [-0.4, -0.2) is 12.3 Å². The summed E-state index contributed by atoms with van der Waals surface area (Å²) < 4.78 is 0. The lowest BCUT2D eigenvalue weighted by Gasteiger charge is -2.13. The fraction of sp³-hybridized carbons (Fsp3) is 0.235. The number of hydrogen-bond acceptors (Lipinski definition) is 1. The summed E-state index contributed by atoms with van der Waals surface area (Å²) in [6.07, 6.45) is 2.29. The summed E-state index contributed by atoms with van der Waals surface area (Å²) in [6, 6.07) is 21.3. The second-order valence-corrected chi connectivity index (χ2v) is 4.81. The first-order chi connectivity index (χ1) is 8.93. The van der Waals surface area contributed by atoms with Crippen LogP contribution >= 0.6 is 0 Å². The number of aliphatic imine (C=N–C) groups is 1. The Morgan fingerprint density at radius 1 is 0.889 bits per heavy atom. The summed E-state index contributed by atoms with van der Waals surface area (Å²) in [7, 11) is 0. The zero-order valence-electron chi connectivity index (χ0n) is 10.4. The molecule has 0 radical (unpaired) electrons. The normalized spacial score (nSPS) is 18.7. The van der Waals surface area contributed by atoms with E-state index >= 15 is 0 Å². The Hall–Kier alpha value is -1.89. The molecule has 0 saturated heterocycles. The summed E-state index contributed by atoms with van der Waals surface area (Å²) >= 11 is 0. The van der Waals surface area contributed by atoms with Crippen LogP contribution in [0.2, 0.25) is 0 Å². The van der Waals surface area contributed by atoms with Crippen molar-refractivity contribution in [3.05, 3.63) is 71.8 Å². The molecule has 1 heterocycles. The summed E-state index contributed by atoms with van der Waals surface area (Å²) in [4.78, 5) is 4.70. The minimum absolute atomic E-state index is 0.579. The third-order valence-electron chi connectivity index (χ3n) is 3.54. The molecule has 1 nitrogen and oxygen atoms in total. The second-order valence-electron chi connectivity index (χ2n) is 4.81. The molecule has 0 saturated carbocycles. The van der Waals surface area contributed by atoms with E-state index < -0.39 is 0 Å². The summed E-state index contributed by atoms with van der Waals surface area (Å²) in [5.74, 6) is 0.579. The zero-order valence-corrected chi connectivity index (χ0v) is 10.4. The lowest BCUT2D eigenvalue weighted by molar-refractivity contribution is 0.675. The predicted molar refractivity (Wildman–Crippen MR) is 76.1 cm³/mol. The standard InChI is InChI=1S/C17H17N/c1-3-7-14(8-4-1)13-16-11-12-18-17(16)15-9-5-2-6-10-15/h1-10,16H,11-13H2/t16-/m0/s1. The molecular weight excluding hydrogens is 218 g/mol. The van der Waals surface area contributed by atoms with Gasteiger partial charge in [-0.15, -0.1) is 0 Å². The van der Waals surface area contributed by atoms with Crippen molar-refractivity contribution in [2.75, 3.05) is 6.54 Å². The van der Waals surface area contributed by atoms with Gasteiger partial charge in [0.05, 0.1) is 0 Å². The lowest BCUT2D eigenvalue weighted by atomic mass is 9.90. The molecular formula is C17H17N. The first kappa shape index (κ1) is 11.2. The molecule has 2 aromatic carbocycles. The molecule has 1 aliphatic heterocycles. The average Bonchev–Trinajstić information content (AvgIpc) is 2.89. The van der Waals surface area contributed by atoms with Gasteiger partial charge < -0.3 is 0 Å². The lowest BCUT2D eigenvalue weighted by Crippen LogP contribution is -2.14.